The molecule has 1 spiro atoms. The van der Waals surface area contributed by atoms with Gasteiger partial charge in [0.25, 0.3) is 11.5 Å². The zero-order valence-electron chi connectivity index (χ0n) is 16.8. The van der Waals surface area contributed by atoms with Gasteiger partial charge in [0.15, 0.2) is 5.54 Å². The summed E-state index contributed by atoms with van der Waals surface area (Å²) < 4.78 is 1.59. The average Bonchev–Trinajstić information content (AvgIpc) is 3.22. The number of likely N-dealkylation sites (tertiary alicyclic amines) is 1. The highest BCUT2D eigenvalue weighted by molar-refractivity contribution is 6.13. The number of benzene rings is 3. The van der Waals surface area contributed by atoms with E-state index in [1.165, 1.54) is 7.05 Å². The molecule has 0 bridgehead atoms. The molecule has 4 aromatic rings. The summed E-state index contributed by atoms with van der Waals surface area (Å²) in [6.45, 7) is 0. The first-order valence-electron chi connectivity index (χ1n) is 10.2. The van der Waals surface area contributed by atoms with Gasteiger partial charge in [0.2, 0.25) is 5.91 Å². The number of amides is 2. The number of imide groups is 1. The molecule has 5 nitrogen and oxygen atoms in total. The third kappa shape index (κ3) is 2.07. The molecule has 6 rings (SSSR count). The molecule has 5 heteroatoms. The Kier molecular flexibility index (Phi) is 3.46. The van der Waals surface area contributed by atoms with Gasteiger partial charge in [-0.25, -0.2) is 0 Å². The summed E-state index contributed by atoms with van der Waals surface area (Å²) in [5.74, 6) is -0.644. The van der Waals surface area contributed by atoms with Crippen molar-refractivity contribution in [2.45, 2.75) is 12.0 Å². The number of carbonyl (C=O) groups excluding carboxylic acids is 2. The largest absolute Gasteiger partial charge is 0.287 e. The fourth-order valence-corrected chi connectivity index (χ4v) is 5.22. The molecular formula is C26H18N2O3. The molecular weight excluding hydrogens is 388 g/mol. The highest BCUT2D eigenvalue weighted by atomic mass is 16.2. The predicted octanol–water partition coefficient (Wildman–Crippen LogP) is 3.78. The quantitative estimate of drug-likeness (QED) is 0.452. The van der Waals surface area contributed by atoms with E-state index in [0.29, 0.717) is 16.6 Å². The molecule has 1 atom stereocenters. The van der Waals surface area contributed by atoms with E-state index < -0.39 is 5.54 Å². The van der Waals surface area contributed by atoms with Crippen LogP contribution in [0.15, 0.2) is 83.7 Å². The molecule has 3 heterocycles. The number of rotatable bonds is 1. The number of carbonyl (C=O) groups is 2. The van der Waals surface area contributed by atoms with Crippen LogP contribution >= 0.6 is 0 Å². The van der Waals surface area contributed by atoms with E-state index in [2.05, 4.69) is 0 Å². The van der Waals surface area contributed by atoms with E-state index in [0.717, 1.165) is 27.0 Å². The van der Waals surface area contributed by atoms with E-state index >= 15 is 0 Å². The first kappa shape index (κ1) is 17.8. The van der Waals surface area contributed by atoms with Crippen molar-refractivity contribution in [3.63, 3.8) is 0 Å². The first-order valence-corrected chi connectivity index (χ1v) is 10.2. The number of aromatic nitrogens is 1. The lowest BCUT2D eigenvalue weighted by molar-refractivity contribution is -0.138. The zero-order chi connectivity index (χ0) is 21.3. The number of fused-ring (bicyclic) bond motifs is 6. The number of nitrogens with zero attached hydrogens (tertiary/aromatic N) is 2. The van der Waals surface area contributed by atoms with Crippen molar-refractivity contribution in [3.05, 3.63) is 94.8 Å². The van der Waals surface area contributed by atoms with Gasteiger partial charge in [-0.3, -0.25) is 23.9 Å². The van der Waals surface area contributed by atoms with Gasteiger partial charge in [-0.15, -0.1) is 0 Å². The second-order valence-corrected chi connectivity index (χ2v) is 8.12. The van der Waals surface area contributed by atoms with Gasteiger partial charge in [-0.1, -0.05) is 72.8 Å². The number of likely N-dealkylation sites (N-methyl/N-ethyl adjacent to an activating group) is 1. The second-order valence-electron chi connectivity index (χ2n) is 8.12. The molecule has 0 N–H and O–H groups in total. The Hall–Kier alpha value is -3.99. The molecule has 31 heavy (non-hydrogen) atoms. The Morgan fingerprint density at radius 3 is 2.13 bits per heavy atom. The maximum Gasteiger partial charge on any atom is 0.260 e. The van der Waals surface area contributed by atoms with E-state index in [-0.39, 0.29) is 23.8 Å². The monoisotopic (exact) mass is 406 g/mol. The average molecular weight is 406 g/mol. The first-order chi connectivity index (χ1) is 15.1. The van der Waals surface area contributed by atoms with Crippen LogP contribution in [0, 0.1) is 0 Å². The topological polar surface area (TPSA) is 59.4 Å². The van der Waals surface area contributed by atoms with Gasteiger partial charge in [0, 0.05) is 23.6 Å². The third-order valence-corrected chi connectivity index (χ3v) is 6.60. The van der Waals surface area contributed by atoms with Crippen LogP contribution in [0.4, 0.5) is 0 Å². The molecule has 1 fully saturated rings. The van der Waals surface area contributed by atoms with Gasteiger partial charge in [0.05, 0.1) is 12.1 Å². The summed E-state index contributed by atoms with van der Waals surface area (Å²) in [5.41, 5.74) is 2.49. The van der Waals surface area contributed by atoms with Crippen LogP contribution in [0.1, 0.15) is 12.0 Å². The van der Waals surface area contributed by atoms with Crippen LogP contribution in [0.5, 0.6) is 0 Å². The lowest BCUT2D eigenvalue weighted by Crippen LogP contribution is -2.45. The van der Waals surface area contributed by atoms with Crippen LogP contribution in [0.25, 0.3) is 33.2 Å². The molecule has 1 unspecified atom stereocenters. The van der Waals surface area contributed by atoms with E-state index in [4.69, 9.17) is 0 Å². The standard InChI is InChI=1S/C26H18N2O3/c1-27-21(29)15-26(25(27)31)20-14-8-7-13-19(20)23-22(16-9-3-2-4-10-16)17-11-5-6-12-18(17)24(30)28(23)26/h2-14H,15H2,1H3. The highest BCUT2D eigenvalue weighted by Gasteiger charge is 2.58. The Labute approximate surface area is 178 Å². The highest BCUT2D eigenvalue weighted by Crippen LogP contribution is 2.52. The van der Waals surface area contributed by atoms with E-state index in [1.807, 2.05) is 72.8 Å². The number of pyridine rings is 1. The van der Waals surface area contributed by atoms with E-state index in [9.17, 15) is 14.4 Å². The van der Waals surface area contributed by atoms with Gasteiger partial charge in [-0.2, -0.15) is 0 Å². The summed E-state index contributed by atoms with van der Waals surface area (Å²) in [7, 11) is 1.49. The van der Waals surface area contributed by atoms with E-state index in [1.54, 1.807) is 10.6 Å². The Bertz CT molecular complexity index is 1490. The molecule has 1 aromatic heterocycles. The minimum atomic E-state index is -1.34. The van der Waals surface area contributed by atoms with Gasteiger partial charge in [0.1, 0.15) is 0 Å². The van der Waals surface area contributed by atoms with Crippen LogP contribution in [-0.4, -0.2) is 28.3 Å². The van der Waals surface area contributed by atoms with Gasteiger partial charge >= 0.3 is 0 Å². The van der Waals surface area contributed by atoms with Crippen LogP contribution in [0.2, 0.25) is 0 Å². The maximum atomic E-state index is 13.9. The van der Waals surface area contributed by atoms with Crippen molar-refractivity contribution >= 4 is 22.6 Å². The van der Waals surface area contributed by atoms with Crippen LogP contribution in [0.3, 0.4) is 0 Å². The van der Waals surface area contributed by atoms with Crippen molar-refractivity contribution in [1.29, 1.82) is 0 Å². The predicted molar refractivity (Wildman–Crippen MR) is 119 cm³/mol. The van der Waals surface area contributed by atoms with Crippen LogP contribution < -0.4 is 5.56 Å². The maximum absolute atomic E-state index is 13.9. The summed E-state index contributed by atoms with van der Waals surface area (Å²) in [6, 6.07) is 24.9. The van der Waals surface area contributed by atoms with Crippen molar-refractivity contribution in [2.24, 2.45) is 0 Å². The molecule has 150 valence electrons. The lowest BCUT2D eigenvalue weighted by Gasteiger charge is -2.26. The fraction of sp³-hybridized carbons (Fsp3) is 0.115. The molecule has 0 aliphatic carbocycles. The van der Waals surface area contributed by atoms with Crippen molar-refractivity contribution < 1.29 is 9.59 Å². The van der Waals surface area contributed by atoms with Gasteiger partial charge < -0.3 is 0 Å². The van der Waals surface area contributed by atoms with Crippen molar-refractivity contribution in [3.8, 4) is 22.4 Å². The normalized spacial score (nSPS) is 19.3. The summed E-state index contributed by atoms with van der Waals surface area (Å²) in [5, 5.41) is 1.37. The Morgan fingerprint density at radius 2 is 1.42 bits per heavy atom. The van der Waals surface area contributed by atoms with Crippen molar-refractivity contribution in [2.75, 3.05) is 7.05 Å². The molecule has 2 amide bonds. The molecule has 0 saturated carbocycles. The molecule has 2 aliphatic heterocycles. The summed E-state index contributed by atoms with van der Waals surface area (Å²) in [6.07, 6.45) is -0.0567. The minimum Gasteiger partial charge on any atom is -0.287 e. The molecule has 0 radical (unpaired) electrons. The summed E-state index contributed by atoms with van der Waals surface area (Å²) in [4.78, 5) is 41.3. The third-order valence-electron chi connectivity index (χ3n) is 6.60. The second kappa shape index (κ2) is 6.01. The number of hydrogen-bond acceptors (Lipinski definition) is 3. The summed E-state index contributed by atoms with van der Waals surface area (Å²) >= 11 is 0. The molecule has 2 aliphatic rings. The Morgan fingerprint density at radius 1 is 0.774 bits per heavy atom. The fourth-order valence-electron chi connectivity index (χ4n) is 5.22. The number of hydrogen-bond donors (Lipinski definition) is 0. The van der Waals surface area contributed by atoms with Crippen molar-refractivity contribution in [1.82, 2.24) is 9.47 Å². The minimum absolute atomic E-state index is 0.0567. The van der Waals surface area contributed by atoms with Gasteiger partial charge in [-0.05, 0) is 22.6 Å². The van der Waals surface area contributed by atoms with Crippen LogP contribution in [-0.2, 0) is 15.1 Å². The Balaban J connectivity index is 1.88. The zero-order valence-corrected chi connectivity index (χ0v) is 16.8. The smallest absolute Gasteiger partial charge is 0.260 e. The molecule has 3 aromatic carbocycles. The SMILES string of the molecule is CN1C(=O)CC2(C1=O)c1ccccc1-c1c(-c3ccccc3)c3ccccc3c(=O)n12. The molecule has 1 saturated heterocycles. The lowest BCUT2D eigenvalue weighted by atomic mass is 9.87.